The van der Waals surface area contributed by atoms with E-state index in [1.54, 1.807) is 22.7 Å². The number of hydrogen-bond donors (Lipinski definition) is 0. The van der Waals surface area contributed by atoms with Gasteiger partial charge in [0.2, 0.25) is 5.06 Å². The van der Waals surface area contributed by atoms with E-state index in [-0.39, 0.29) is 16.8 Å². The molecule has 1 amide bonds. The maximum Gasteiger partial charge on any atom is 0.418 e. The van der Waals surface area contributed by atoms with Gasteiger partial charge in [0.25, 0.3) is 0 Å². The number of hydrogen-bond acceptors (Lipinski definition) is 4. The Labute approximate surface area is 135 Å². The van der Waals surface area contributed by atoms with Gasteiger partial charge in [-0.2, -0.15) is 0 Å². The zero-order chi connectivity index (χ0) is 16.2. The summed E-state index contributed by atoms with van der Waals surface area (Å²) in [5, 5.41) is -0.765. The summed E-state index contributed by atoms with van der Waals surface area (Å²) >= 11 is 1.65. The second kappa shape index (κ2) is 4.69. The van der Waals surface area contributed by atoms with Gasteiger partial charge in [0, 0.05) is 10.2 Å². The third-order valence-electron chi connectivity index (χ3n) is 4.84. The molecule has 1 aromatic carbocycles. The molecule has 0 aromatic heterocycles. The molecule has 3 rings (SSSR count). The molecule has 4 nitrogen and oxygen atoms in total. The number of benzene rings is 1. The van der Waals surface area contributed by atoms with Crippen LogP contribution in [0.5, 0.6) is 5.75 Å². The second-order valence-electron chi connectivity index (χ2n) is 6.59. The van der Waals surface area contributed by atoms with Crippen molar-refractivity contribution in [3.05, 3.63) is 36.9 Å². The molecule has 118 valence electrons. The first-order chi connectivity index (χ1) is 10.3. The highest BCUT2D eigenvalue weighted by atomic mass is 32.2. The quantitative estimate of drug-likeness (QED) is 0.757. The number of amides is 1. The molecule has 1 saturated heterocycles. The minimum Gasteiger partial charge on any atom is -0.455 e. The molecule has 1 atom stereocenters. The van der Waals surface area contributed by atoms with Gasteiger partial charge < -0.3 is 9.47 Å². The first-order valence-corrected chi connectivity index (χ1v) is 8.14. The van der Waals surface area contributed by atoms with Crippen LogP contribution >= 0.6 is 11.8 Å². The van der Waals surface area contributed by atoms with Crippen molar-refractivity contribution >= 4 is 23.5 Å². The highest BCUT2D eigenvalue weighted by Gasteiger charge is 2.74. The predicted molar refractivity (Wildman–Crippen MR) is 89.3 cm³/mol. The van der Waals surface area contributed by atoms with Gasteiger partial charge in [-0.15, -0.1) is 0 Å². The number of anilines is 1. The summed E-state index contributed by atoms with van der Waals surface area (Å²) in [6.07, 6.45) is 1.16. The minimum absolute atomic E-state index is 0.00793. The van der Waals surface area contributed by atoms with Crippen LogP contribution in [0.4, 0.5) is 10.5 Å². The first kappa shape index (κ1) is 15.3. The Morgan fingerprint density at radius 2 is 2.05 bits per heavy atom. The summed E-state index contributed by atoms with van der Waals surface area (Å²) in [5.74, 6) is 0.717. The largest absolute Gasteiger partial charge is 0.455 e. The highest BCUT2D eigenvalue weighted by Crippen LogP contribution is 2.72. The van der Waals surface area contributed by atoms with Gasteiger partial charge in [0.15, 0.2) is 0 Å². The van der Waals surface area contributed by atoms with Gasteiger partial charge >= 0.3 is 6.09 Å². The monoisotopic (exact) mass is 319 g/mol. The molecule has 1 unspecified atom stereocenters. The van der Waals surface area contributed by atoms with Gasteiger partial charge in [-0.1, -0.05) is 50.4 Å². The van der Waals surface area contributed by atoms with E-state index >= 15 is 0 Å². The van der Waals surface area contributed by atoms with Crippen LogP contribution in [0.2, 0.25) is 0 Å². The van der Waals surface area contributed by atoms with Gasteiger partial charge in [0.1, 0.15) is 12.4 Å². The van der Waals surface area contributed by atoms with Crippen molar-refractivity contribution in [1.29, 1.82) is 0 Å². The molecule has 2 aliphatic heterocycles. The van der Waals surface area contributed by atoms with Gasteiger partial charge in [0.05, 0.1) is 5.69 Å². The molecule has 0 bridgehead atoms. The third-order valence-corrected chi connectivity index (χ3v) is 6.92. The van der Waals surface area contributed by atoms with Gasteiger partial charge in [-0.05, 0) is 26.0 Å². The van der Waals surface area contributed by atoms with Crippen molar-refractivity contribution in [3.8, 4) is 5.75 Å². The molecule has 0 aliphatic carbocycles. The lowest BCUT2D eigenvalue weighted by Crippen LogP contribution is -2.74. The SMILES string of the molecule is C=CCOC(=O)N1c2ccccc2OC12SC(C)(C)C2(C)C. The van der Waals surface area contributed by atoms with Crippen LogP contribution < -0.4 is 9.64 Å². The van der Waals surface area contributed by atoms with E-state index in [1.165, 1.54) is 0 Å². The topological polar surface area (TPSA) is 38.8 Å². The molecule has 0 radical (unpaired) electrons. The van der Waals surface area contributed by atoms with E-state index in [2.05, 4.69) is 34.3 Å². The van der Waals surface area contributed by atoms with Crippen LogP contribution in [0.15, 0.2) is 36.9 Å². The van der Waals surface area contributed by atoms with E-state index in [4.69, 9.17) is 9.47 Å². The Kier molecular flexibility index (Phi) is 3.25. The molecule has 0 saturated carbocycles. The van der Waals surface area contributed by atoms with Crippen molar-refractivity contribution < 1.29 is 14.3 Å². The molecule has 0 N–H and O–H groups in total. The standard InChI is InChI=1S/C17H21NO3S/c1-6-11-20-14(19)18-12-9-7-8-10-13(12)21-17(18)15(2,3)16(4,5)22-17/h6-10H,1,11H2,2-5H3. The maximum absolute atomic E-state index is 12.6. The van der Waals surface area contributed by atoms with E-state index in [0.717, 1.165) is 5.69 Å². The Hall–Kier alpha value is -1.62. The molecule has 5 heteroatoms. The molecule has 22 heavy (non-hydrogen) atoms. The summed E-state index contributed by atoms with van der Waals surface area (Å²) in [7, 11) is 0. The van der Waals surface area contributed by atoms with Crippen LogP contribution in [-0.2, 0) is 4.74 Å². The fourth-order valence-electron chi connectivity index (χ4n) is 2.90. The third kappa shape index (κ3) is 1.75. The fourth-order valence-corrected chi connectivity index (χ4v) is 4.74. The van der Waals surface area contributed by atoms with Crippen molar-refractivity contribution in [2.75, 3.05) is 11.5 Å². The number of thioether (sulfide) groups is 1. The molecule has 2 heterocycles. The molecule has 1 spiro atoms. The lowest BCUT2D eigenvalue weighted by Gasteiger charge is -2.64. The molecule has 1 fully saturated rings. The van der Waals surface area contributed by atoms with Gasteiger partial charge in [-0.25, -0.2) is 9.69 Å². The van der Waals surface area contributed by atoms with Crippen LogP contribution in [0.1, 0.15) is 27.7 Å². The van der Waals surface area contributed by atoms with E-state index in [9.17, 15) is 4.79 Å². The zero-order valence-electron chi connectivity index (χ0n) is 13.4. The van der Waals surface area contributed by atoms with E-state index in [0.29, 0.717) is 5.75 Å². The number of para-hydroxylation sites is 2. The Morgan fingerprint density at radius 3 is 2.64 bits per heavy atom. The fraction of sp³-hybridized carbons (Fsp3) is 0.471. The summed E-state index contributed by atoms with van der Waals surface area (Å²) < 4.78 is 11.5. The van der Waals surface area contributed by atoms with Crippen molar-refractivity contribution in [2.24, 2.45) is 5.41 Å². The van der Waals surface area contributed by atoms with E-state index < -0.39 is 11.2 Å². The van der Waals surface area contributed by atoms with Crippen molar-refractivity contribution in [1.82, 2.24) is 0 Å². The van der Waals surface area contributed by atoms with Crippen LogP contribution in [0.25, 0.3) is 0 Å². The van der Waals surface area contributed by atoms with Crippen molar-refractivity contribution in [3.63, 3.8) is 0 Å². The predicted octanol–water partition coefficient (Wildman–Crippen LogP) is 4.41. The molecular formula is C17H21NO3S. The first-order valence-electron chi connectivity index (χ1n) is 7.33. The molecule has 2 aliphatic rings. The van der Waals surface area contributed by atoms with Crippen molar-refractivity contribution in [2.45, 2.75) is 37.5 Å². The van der Waals surface area contributed by atoms with Crippen LogP contribution in [0, 0.1) is 5.41 Å². The average Bonchev–Trinajstić information content (AvgIpc) is 2.80. The number of fused-ring (bicyclic) bond motifs is 1. The van der Waals surface area contributed by atoms with Crippen LogP contribution in [0.3, 0.4) is 0 Å². The zero-order valence-corrected chi connectivity index (χ0v) is 14.2. The number of nitrogens with zero attached hydrogens (tertiary/aromatic N) is 1. The molecular weight excluding hydrogens is 298 g/mol. The lowest BCUT2D eigenvalue weighted by atomic mass is 9.76. The summed E-state index contributed by atoms with van der Waals surface area (Å²) in [6, 6.07) is 7.59. The number of ether oxygens (including phenoxy) is 2. The molecule has 1 aromatic rings. The summed E-state index contributed by atoms with van der Waals surface area (Å²) in [4.78, 5) is 14.3. The summed E-state index contributed by atoms with van der Waals surface area (Å²) in [5.41, 5.74) is 0.518. The minimum atomic E-state index is -0.765. The average molecular weight is 319 g/mol. The van der Waals surface area contributed by atoms with E-state index in [1.807, 2.05) is 24.3 Å². The normalized spacial score (nSPS) is 26.8. The Bertz CT molecular complexity index is 641. The number of carbonyl (C=O) groups is 1. The number of carbonyl (C=O) groups excluding carboxylic acids is 1. The smallest absolute Gasteiger partial charge is 0.418 e. The highest BCUT2D eigenvalue weighted by molar-refractivity contribution is 8.03. The maximum atomic E-state index is 12.6. The number of rotatable bonds is 2. The Balaban J connectivity index is 2.05. The van der Waals surface area contributed by atoms with Crippen LogP contribution in [-0.4, -0.2) is 22.5 Å². The lowest BCUT2D eigenvalue weighted by molar-refractivity contribution is -0.000973. The Morgan fingerprint density at radius 1 is 1.36 bits per heavy atom. The van der Waals surface area contributed by atoms with Gasteiger partial charge in [-0.3, -0.25) is 0 Å². The summed E-state index contributed by atoms with van der Waals surface area (Å²) in [6.45, 7) is 12.4. The second-order valence-corrected chi connectivity index (χ2v) is 8.37.